The highest BCUT2D eigenvalue weighted by atomic mass is 19.4. The summed E-state index contributed by atoms with van der Waals surface area (Å²) in [5.41, 5.74) is -0.923. The minimum Gasteiger partial charge on any atom is -0.352 e. The highest BCUT2D eigenvalue weighted by molar-refractivity contribution is 5.86. The van der Waals surface area contributed by atoms with Crippen molar-refractivity contribution in [1.82, 2.24) is 10.3 Å². The number of rotatable bonds is 3. The van der Waals surface area contributed by atoms with Crippen LogP contribution in [-0.4, -0.2) is 29.5 Å². The van der Waals surface area contributed by atoms with Crippen molar-refractivity contribution in [3.05, 3.63) is 23.9 Å². The number of aromatic nitrogens is 1. The molecule has 1 N–H and O–H groups in total. The maximum atomic E-state index is 12.7. The summed E-state index contributed by atoms with van der Waals surface area (Å²) >= 11 is 0. The van der Waals surface area contributed by atoms with Crippen LogP contribution < -0.4 is 10.2 Å². The summed E-state index contributed by atoms with van der Waals surface area (Å²) in [6.07, 6.45) is -1.07. The van der Waals surface area contributed by atoms with Gasteiger partial charge in [-0.15, -0.1) is 0 Å². The van der Waals surface area contributed by atoms with Gasteiger partial charge >= 0.3 is 6.18 Å². The summed E-state index contributed by atoms with van der Waals surface area (Å²) in [5, 5.41) is 2.91. The molecule has 1 saturated carbocycles. The normalized spacial score (nSPS) is 22.4. The van der Waals surface area contributed by atoms with Crippen molar-refractivity contribution >= 4 is 11.7 Å². The number of carbonyl (C=O) groups is 1. The number of carbonyl (C=O) groups excluding carboxylic acids is 1. The lowest BCUT2D eigenvalue weighted by atomic mass is 10.2. The molecule has 7 heteroatoms. The van der Waals surface area contributed by atoms with Crippen molar-refractivity contribution in [3.8, 4) is 0 Å². The van der Waals surface area contributed by atoms with Crippen molar-refractivity contribution in [3.63, 3.8) is 0 Å². The van der Waals surface area contributed by atoms with E-state index in [9.17, 15) is 18.0 Å². The number of hydrogen-bond donors (Lipinski definition) is 1. The van der Waals surface area contributed by atoms with Crippen molar-refractivity contribution in [2.24, 2.45) is 0 Å². The number of anilines is 1. The Kier molecular flexibility index (Phi) is 3.51. The highest BCUT2D eigenvalue weighted by Gasteiger charge is 2.37. The number of nitrogens with one attached hydrogen (secondary N) is 1. The second-order valence-corrected chi connectivity index (χ2v) is 5.51. The molecule has 2 heterocycles. The summed E-state index contributed by atoms with van der Waals surface area (Å²) in [6, 6.07) is 3.63. The van der Waals surface area contributed by atoms with Gasteiger partial charge in [-0.3, -0.25) is 4.79 Å². The number of pyridine rings is 1. The van der Waals surface area contributed by atoms with Gasteiger partial charge < -0.3 is 10.2 Å². The third-order valence-electron chi connectivity index (χ3n) is 3.80. The van der Waals surface area contributed by atoms with E-state index in [-0.39, 0.29) is 17.8 Å². The summed E-state index contributed by atoms with van der Waals surface area (Å²) in [6.45, 7) is 0.553. The fourth-order valence-electron chi connectivity index (χ4n) is 2.58. The molecule has 2 aliphatic rings. The predicted molar refractivity (Wildman–Crippen MR) is 70.8 cm³/mol. The van der Waals surface area contributed by atoms with E-state index >= 15 is 0 Å². The minimum atomic E-state index is -4.47. The molecule has 1 saturated heterocycles. The van der Waals surface area contributed by atoms with Gasteiger partial charge in [0, 0.05) is 12.6 Å². The van der Waals surface area contributed by atoms with Crippen molar-refractivity contribution < 1.29 is 18.0 Å². The van der Waals surface area contributed by atoms with Gasteiger partial charge in [0.05, 0.1) is 0 Å². The lowest BCUT2D eigenvalue weighted by Gasteiger charge is -2.25. The second-order valence-electron chi connectivity index (χ2n) is 5.51. The maximum absolute atomic E-state index is 12.7. The molecule has 0 unspecified atom stereocenters. The van der Waals surface area contributed by atoms with Gasteiger partial charge in [0.25, 0.3) is 0 Å². The van der Waals surface area contributed by atoms with E-state index in [1.54, 1.807) is 4.90 Å². The van der Waals surface area contributed by atoms with E-state index in [4.69, 9.17) is 0 Å². The van der Waals surface area contributed by atoms with Crippen LogP contribution in [0, 0.1) is 0 Å². The van der Waals surface area contributed by atoms with Crippen LogP contribution in [0.3, 0.4) is 0 Å². The molecule has 1 aromatic heterocycles. The van der Waals surface area contributed by atoms with Gasteiger partial charge in [0.15, 0.2) is 0 Å². The Labute approximate surface area is 120 Å². The van der Waals surface area contributed by atoms with Gasteiger partial charge in [-0.2, -0.15) is 13.2 Å². The van der Waals surface area contributed by atoms with Crippen LogP contribution in [0.2, 0.25) is 0 Å². The molecule has 1 atom stereocenters. The van der Waals surface area contributed by atoms with Crippen LogP contribution in [-0.2, 0) is 11.0 Å². The fraction of sp³-hybridized carbons (Fsp3) is 0.571. The number of amides is 1. The third-order valence-corrected chi connectivity index (χ3v) is 3.80. The predicted octanol–water partition coefficient (Wildman–Crippen LogP) is 2.35. The third kappa shape index (κ3) is 3.11. The Morgan fingerprint density at radius 1 is 1.29 bits per heavy atom. The molecule has 3 rings (SSSR count). The molecule has 0 bridgehead atoms. The first-order chi connectivity index (χ1) is 9.95. The van der Waals surface area contributed by atoms with Crippen molar-refractivity contribution in [1.29, 1.82) is 0 Å². The van der Waals surface area contributed by atoms with Crippen LogP contribution in [0.15, 0.2) is 18.2 Å². The van der Waals surface area contributed by atoms with E-state index in [2.05, 4.69) is 10.3 Å². The standard InChI is InChI=1S/C14H16F3N3O/c15-14(16,17)11-4-1-5-12(19-11)20-8-2-3-10(20)13(21)18-9-6-7-9/h1,4-5,9-10H,2-3,6-8H2,(H,18,21)/t10-/m1/s1. The molecular weight excluding hydrogens is 283 g/mol. The molecule has 21 heavy (non-hydrogen) atoms. The van der Waals surface area contributed by atoms with E-state index in [1.807, 2.05) is 0 Å². The molecule has 1 aromatic rings. The van der Waals surface area contributed by atoms with Crippen LogP contribution in [0.5, 0.6) is 0 Å². The summed E-state index contributed by atoms with van der Waals surface area (Å²) < 4.78 is 38.2. The second kappa shape index (κ2) is 5.20. The molecule has 0 spiro atoms. The highest BCUT2D eigenvalue weighted by Crippen LogP contribution is 2.31. The summed E-state index contributed by atoms with van der Waals surface area (Å²) in [5.74, 6) is 0.118. The van der Waals surface area contributed by atoms with Gasteiger partial charge in [0.2, 0.25) is 5.91 Å². The quantitative estimate of drug-likeness (QED) is 0.932. The number of alkyl halides is 3. The van der Waals surface area contributed by atoms with Crippen molar-refractivity contribution in [2.75, 3.05) is 11.4 Å². The first-order valence-electron chi connectivity index (χ1n) is 7.06. The van der Waals surface area contributed by atoms with Gasteiger partial charge in [-0.1, -0.05) is 6.07 Å². The number of hydrogen-bond acceptors (Lipinski definition) is 3. The number of nitrogens with zero attached hydrogens (tertiary/aromatic N) is 2. The minimum absolute atomic E-state index is 0.103. The Bertz CT molecular complexity index is 543. The average Bonchev–Trinajstić information content (AvgIpc) is 3.10. The lowest BCUT2D eigenvalue weighted by Crippen LogP contribution is -2.44. The van der Waals surface area contributed by atoms with Gasteiger partial charge in [0.1, 0.15) is 17.6 Å². The van der Waals surface area contributed by atoms with Crippen LogP contribution >= 0.6 is 0 Å². The first-order valence-corrected chi connectivity index (χ1v) is 7.06. The fourth-order valence-corrected chi connectivity index (χ4v) is 2.58. The molecule has 4 nitrogen and oxygen atoms in total. The Morgan fingerprint density at radius 3 is 2.71 bits per heavy atom. The monoisotopic (exact) mass is 299 g/mol. The Hall–Kier alpha value is -1.79. The summed E-state index contributed by atoms with van der Waals surface area (Å²) in [4.78, 5) is 17.5. The lowest BCUT2D eigenvalue weighted by molar-refractivity contribution is -0.141. The summed E-state index contributed by atoms with van der Waals surface area (Å²) in [7, 11) is 0. The molecule has 0 aromatic carbocycles. The topological polar surface area (TPSA) is 45.2 Å². The molecule has 114 valence electrons. The van der Waals surface area contributed by atoms with Crippen LogP contribution in [0.4, 0.5) is 19.0 Å². The van der Waals surface area contributed by atoms with Crippen LogP contribution in [0.1, 0.15) is 31.4 Å². The SMILES string of the molecule is O=C(NC1CC1)[C@H]1CCCN1c1cccc(C(F)(F)F)n1. The smallest absolute Gasteiger partial charge is 0.352 e. The van der Waals surface area contributed by atoms with E-state index < -0.39 is 17.9 Å². The van der Waals surface area contributed by atoms with E-state index in [0.29, 0.717) is 13.0 Å². The van der Waals surface area contributed by atoms with E-state index in [1.165, 1.54) is 12.1 Å². The molecule has 1 aliphatic carbocycles. The maximum Gasteiger partial charge on any atom is 0.433 e. The average molecular weight is 299 g/mol. The zero-order chi connectivity index (χ0) is 15.0. The van der Waals surface area contributed by atoms with Gasteiger partial charge in [-0.05, 0) is 37.8 Å². The zero-order valence-corrected chi connectivity index (χ0v) is 11.4. The molecule has 1 aliphatic heterocycles. The Balaban J connectivity index is 1.79. The van der Waals surface area contributed by atoms with Crippen molar-refractivity contribution in [2.45, 2.75) is 43.9 Å². The molecular formula is C14H16F3N3O. The zero-order valence-electron chi connectivity index (χ0n) is 11.4. The Morgan fingerprint density at radius 2 is 2.05 bits per heavy atom. The van der Waals surface area contributed by atoms with Gasteiger partial charge in [-0.25, -0.2) is 4.98 Å². The molecule has 2 fully saturated rings. The number of halogens is 3. The van der Waals surface area contributed by atoms with E-state index in [0.717, 1.165) is 25.3 Å². The largest absolute Gasteiger partial charge is 0.433 e. The van der Waals surface area contributed by atoms with Crippen LogP contribution in [0.25, 0.3) is 0 Å². The first kappa shape index (κ1) is 14.2. The molecule has 0 radical (unpaired) electrons. The molecule has 1 amide bonds.